The van der Waals surface area contributed by atoms with Crippen molar-refractivity contribution in [2.24, 2.45) is 5.73 Å². The summed E-state index contributed by atoms with van der Waals surface area (Å²) >= 11 is 5.94. The van der Waals surface area contributed by atoms with Crippen molar-refractivity contribution in [3.63, 3.8) is 0 Å². The van der Waals surface area contributed by atoms with Crippen LogP contribution in [-0.2, 0) is 11.2 Å². The summed E-state index contributed by atoms with van der Waals surface area (Å²) in [7, 11) is 0. The summed E-state index contributed by atoms with van der Waals surface area (Å²) in [6.45, 7) is 0. The third-order valence-corrected chi connectivity index (χ3v) is 3.71. The van der Waals surface area contributed by atoms with E-state index in [-0.39, 0.29) is 22.7 Å². The zero-order chi connectivity index (χ0) is 17.7. The molecule has 0 saturated heterocycles. The summed E-state index contributed by atoms with van der Waals surface area (Å²) in [5.41, 5.74) is 5.66. The van der Waals surface area contributed by atoms with Crippen molar-refractivity contribution < 1.29 is 14.5 Å². The molecule has 0 bridgehead atoms. The van der Waals surface area contributed by atoms with Gasteiger partial charge in [-0.3, -0.25) is 19.7 Å². The van der Waals surface area contributed by atoms with Gasteiger partial charge < -0.3 is 11.1 Å². The quantitative estimate of drug-likeness (QED) is 0.614. The molecular weight excluding hydrogens is 334 g/mol. The third kappa shape index (κ3) is 4.08. The number of hydrogen-bond acceptors (Lipinski definition) is 4. The maximum atomic E-state index is 12.3. The van der Waals surface area contributed by atoms with Crippen LogP contribution in [0.3, 0.4) is 0 Å². The van der Waals surface area contributed by atoms with Gasteiger partial charge in [-0.05, 0) is 12.1 Å². The molecule has 2 aromatic carbocycles. The van der Waals surface area contributed by atoms with Crippen molar-refractivity contribution in [3.05, 3.63) is 74.8 Å². The summed E-state index contributed by atoms with van der Waals surface area (Å²) in [4.78, 5) is 34.4. The molecule has 0 aliphatic rings. The summed E-state index contributed by atoms with van der Waals surface area (Å²) in [6.07, 6.45) is -0.0946. The first-order valence-corrected chi connectivity index (χ1v) is 7.35. The third-order valence-electron chi connectivity index (χ3n) is 3.38. The highest BCUT2D eigenvalue weighted by atomic mass is 35.5. The molecule has 8 heteroatoms. The lowest BCUT2D eigenvalue weighted by molar-refractivity contribution is -0.385. The van der Waals surface area contributed by atoms with Gasteiger partial charge in [-0.25, -0.2) is 0 Å². The number of benzene rings is 2. The molecule has 7 nitrogen and oxygen atoms in total. The van der Waals surface area contributed by atoms with E-state index in [1.807, 2.05) is 0 Å². The minimum atomic E-state index is -1.10. The van der Waals surface area contributed by atoms with Crippen LogP contribution in [0.5, 0.6) is 0 Å². The van der Waals surface area contributed by atoms with E-state index in [9.17, 15) is 19.7 Å². The highest BCUT2D eigenvalue weighted by Crippen LogP contribution is 2.20. The lowest BCUT2D eigenvalue weighted by Crippen LogP contribution is -2.46. The van der Waals surface area contributed by atoms with E-state index < -0.39 is 22.8 Å². The van der Waals surface area contributed by atoms with Gasteiger partial charge in [-0.1, -0.05) is 41.9 Å². The fourth-order valence-corrected chi connectivity index (χ4v) is 2.41. The lowest BCUT2D eigenvalue weighted by atomic mass is 10.0. The summed E-state index contributed by atoms with van der Waals surface area (Å²) in [5, 5.41) is 13.7. The maximum absolute atomic E-state index is 12.3. The Labute approximate surface area is 142 Å². The Hall–Kier alpha value is -2.93. The predicted molar refractivity (Wildman–Crippen MR) is 88.7 cm³/mol. The molecule has 3 N–H and O–H groups in total. The zero-order valence-corrected chi connectivity index (χ0v) is 13.2. The fraction of sp³-hybridized carbons (Fsp3) is 0.125. The summed E-state index contributed by atoms with van der Waals surface area (Å²) in [5.74, 6) is -1.38. The van der Waals surface area contributed by atoms with Crippen LogP contribution in [0.15, 0.2) is 48.5 Å². The second kappa shape index (κ2) is 7.56. The van der Waals surface area contributed by atoms with E-state index in [1.165, 1.54) is 30.3 Å². The molecule has 124 valence electrons. The van der Waals surface area contributed by atoms with Crippen LogP contribution in [0.25, 0.3) is 0 Å². The van der Waals surface area contributed by atoms with Crippen molar-refractivity contribution in [2.75, 3.05) is 0 Å². The standard InChI is InChI=1S/C16H14ClN3O4/c17-12-7-3-2-6-11(12)16(22)19-13(15(18)21)9-10-5-1-4-8-14(10)20(23)24/h1-8,13H,9H2,(H2,18,21)(H,19,22)/t13-/m0/s1. The molecule has 0 radical (unpaired) electrons. The number of rotatable bonds is 6. The number of amides is 2. The average Bonchev–Trinajstić information content (AvgIpc) is 2.54. The number of nitrogens with zero attached hydrogens (tertiary/aromatic N) is 1. The molecule has 0 aliphatic heterocycles. The first-order valence-electron chi connectivity index (χ1n) is 6.97. The Morgan fingerprint density at radius 1 is 1.17 bits per heavy atom. The number of carbonyl (C=O) groups excluding carboxylic acids is 2. The summed E-state index contributed by atoms with van der Waals surface area (Å²) < 4.78 is 0. The zero-order valence-electron chi connectivity index (χ0n) is 12.4. The van der Waals surface area contributed by atoms with Crippen LogP contribution in [0.2, 0.25) is 5.02 Å². The summed E-state index contributed by atoms with van der Waals surface area (Å²) in [6, 6.07) is 11.2. The van der Waals surface area contributed by atoms with Crippen LogP contribution < -0.4 is 11.1 Å². The van der Waals surface area contributed by atoms with E-state index >= 15 is 0 Å². The maximum Gasteiger partial charge on any atom is 0.272 e. The van der Waals surface area contributed by atoms with Gasteiger partial charge in [0.25, 0.3) is 11.6 Å². The van der Waals surface area contributed by atoms with E-state index in [4.69, 9.17) is 17.3 Å². The van der Waals surface area contributed by atoms with Gasteiger partial charge >= 0.3 is 0 Å². The van der Waals surface area contributed by atoms with Crippen molar-refractivity contribution in [1.82, 2.24) is 5.32 Å². The van der Waals surface area contributed by atoms with Crippen LogP contribution >= 0.6 is 11.6 Å². The van der Waals surface area contributed by atoms with Gasteiger partial charge in [0, 0.05) is 18.1 Å². The van der Waals surface area contributed by atoms with E-state index in [2.05, 4.69) is 5.32 Å². The average molecular weight is 348 g/mol. The van der Waals surface area contributed by atoms with Crippen LogP contribution in [0.4, 0.5) is 5.69 Å². The normalized spacial score (nSPS) is 11.5. The molecule has 0 aliphatic carbocycles. The highest BCUT2D eigenvalue weighted by molar-refractivity contribution is 6.33. The number of para-hydroxylation sites is 1. The fourth-order valence-electron chi connectivity index (χ4n) is 2.19. The van der Waals surface area contributed by atoms with Crippen molar-refractivity contribution in [1.29, 1.82) is 0 Å². The van der Waals surface area contributed by atoms with Crippen molar-refractivity contribution in [3.8, 4) is 0 Å². The SMILES string of the molecule is NC(=O)[C@H](Cc1ccccc1[N+](=O)[O-])NC(=O)c1ccccc1Cl. The first-order chi connectivity index (χ1) is 11.4. The molecule has 0 aromatic heterocycles. The van der Waals surface area contributed by atoms with E-state index in [0.29, 0.717) is 5.56 Å². The Morgan fingerprint density at radius 2 is 1.79 bits per heavy atom. The van der Waals surface area contributed by atoms with Crippen molar-refractivity contribution >= 4 is 29.1 Å². The molecule has 2 rings (SSSR count). The largest absolute Gasteiger partial charge is 0.368 e. The number of nitro benzene ring substituents is 1. The van der Waals surface area contributed by atoms with Gasteiger partial charge in [-0.2, -0.15) is 0 Å². The van der Waals surface area contributed by atoms with Gasteiger partial charge in [0.2, 0.25) is 5.91 Å². The Morgan fingerprint density at radius 3 is 2.42 bits per heavy atom. The smallest absolute Gasteiger partial charge is 0.272 e. The number of nitro groups is 1. The molecule has 0 unspecified atom stereocenters. The van der Waals surface area contributed by atoms with Gasteiger partial charge in [0.1, 0.15) is 6.04 Å². The second-order valence-electron chi connectivity index (χ2n) is 5.00. The molecule has 1 atom stereocenters. The molecule has 0 heterocycles. The van der Waals surface area contributed by atoms with Gasteiger partial charge in [0.15, 0.2) is 0 Å². The monoisotopic (exact) mass is 347 g/mol. The molecular formula is C16H14ClN3O4. The molecule has 2 amide bonds. The first kappa shape index (κ1) is 17.4. The number of primary amides is 1. The van der Waals surface area contributed by atoms with Gasteiger partial charge in [0.05, 0.1) is 15.5 Å². The Bertz CT molecular complexity index is 794. The highest BCUT2D eigenvalue weighted by Gasteiger charge is 2.24. The van der Waals surface area contributed by atoms with Gasteiger partial charge in [-0.15, -0.1) is 0 Å². The topological polar surface area (TPSA) is 115 Å². The molecule has 0 spiro atoms. The van der Waals surface area contributed by atoms with Crippen molar-refractivity contribution in [2.45, 2.75) is 12.5 Å². The predicted octanol–water partition coefficient (Wildman–Crippen LogP) is 2.07. The van der Waals surface area contributed by atoms with E-state index in [0.717, 1.165) is 0 Å². The van der Waals surface area contributed by atoms with Crippen LogP contribution in [0.1, 0.15) is 15.9 Å². The van der Waals surface area contributed by atoms with E-state index in [1.54, 1.807) is 18.2 Å². The molecule has 0 saturated carbocycles. The van der Waals surface area contributed by atoms with Crippen LogP contribution in [0, 0.1) is 10.1 Å². The minimum absolute atomic E-state index is 0.0946. The number of halogens is 1. The number of hydrogen-bond donors (Lipinski definition) is 2. The number of nitrogens with two attached hydrogens (primary N) is 1. The Balaban J connectivity index is 2.22. The number of carbonyl (C=O) groups is 2. The Kier molecular flexibility index (Phi) is 5.49. The lowest BCUT2D eigenvalue weighted by Gasteiger charge is -2.16. The number of nitrogens with one attached hydrogen (secondary N) is 1. The second-order valence-corrected chi connectivity index (χ2v) is 5.41. The minimum Gasteiger partial charge on any atom is -0.368 e. The van der Waals surface area contributed by atoms with Crippen LogP contribution in [-0.4, -0.2) is 22.8 Å². The molecule has 0 fully saturated rings. The molecule has 24 heavy (non-hydrogen) atoms. The molecule has 2 aromatic rings.